The summed E-state index contributed by atoms with van der Waals surface area (Å²) >= 11 is 0. The fourth-order valence-electron chi connectivity index (χ4n) is 4.40. The summed E-state index contributed by atoms with van der Waals surface area (Å²) in [6.45, 7) is 5.74. The normalized spacial score (nSPS) is 31.0. The standard InChI is InChI=1S/C18H27NO/c1-15-6-3-7-16(12-15)13-19-11-5-10-18(14-19)9-4-8-17(18)20-2/h3,6-7,12,17H,4-5,8-11,13-14H2,1-2H3/t17-,18-/m1/s1. The summed E-state index contributed by atoms with van der Waals surface area (Å²) in [6, 6.07) is 8.94. The van der Waals surface area contributed by atoms with Gasteiger partial charge in [0.05, 0.1) is 6.10 Å². The number of aryl methyl sites for hydroxylation is 1. The van der Waals surface area contributed by atoms with Crippen LogP contribution in [0.4, 0.5) is 0 Å². The van der Waals surface area contributed by atoms with Gasteiger partial charge in [-0.1, -0.05) is 36.2 Å². The second-order valence-electron chi connectivity index (χ2n) is 6.78. The summed E-state index contributed by atoms with van der Waals surface area (Å²) in [5, 5.41) is 0. The van der Waals surface area contributed by atoms with Crippen molar-refractivity contribution in [2.24, 2.45) is 5.41 Å². The molecule has 2 fully saturated rings. The molecule has 1 aliphatic carbocycles. The number of ether oxygens (including phenoxy) is 1. The first-order valence-corrected chi connectivity index (χ1v) is 8.03. The van der Waals surface area contributed by atoms with Gasteiger partial charge in [0.25, 0.3) is 0 Å². The molecule has 2 atom stereocenters. The quantitative estimate of drug-likeness (QED) is 0.831. The van der Waals surface area contributed by atoms with Gasteiger partial charge in [-0.3, -0.25) is 4.90 Å². The summed E-state index contributed by atoms with van der Waals surface area (Å²) in [5.41, 5.74) is 3.26. The van der Waals surface area contributed by atoms with Crippen LogP contribution in [0, 0.1) is 12.3 Å². The molecule has 2 aliphatic rings. The molecule has 2 heteroatoms. The van der Waals surface area contributed by atoms with E-state index < -0.39 is 0 Å². The highest BCUT2D eigenvalue weighted by Crippen LogP contribution is 2.46. The third-order valence-electron chi connectivity index (χ3n) is 5.28. The third-order valence-corrected chi connectivity index (χ3v) is 5.28. The highest BCUT2D eigenvalue weighted by molar-refractivity contribution is 5.22. The molecule has 0 unspecified atom stereocenters. The Morgan fingerprint density at radius 2 is 2.15 bits per heavy atom. The molecular formula is C18H27NO. The molecule has 0 radical (unpaired) electrons. The SMILES string of the molecule is CO[C@@H]1CCC[C@]12CCCN(Cc1cccc(C)c1)C2. The number of benzene rings is 1. The van der Waals surface area contributed by atoms with Crippen molar-refractivity contribution in [3.8, 4) is 0 Å². The number of likely N-dealkylation sites (tertiary alicyclic amines) is 1. The van der Waals surface area contributed by atoms with Crippen LogP contribution < -0.4 is 0 Å². The van der Waals surface area contributed by atoms with Gasteiger partial charge in [0, 0.05) is 25.6 Å². The molecule has 1 spiro atoms. The van der Waals surface area contributed by atoms with Crippen molar-refractivity contribution in [2.75, 3.05) is 20.2 Å². The zero-order valence-electron chi connectivity index (χ0n) is 12.9. The maximum absolute atomic E-state index is 5.80. The molecule has 1 saturated carbocycles. The van der Waals surface area contributed by atoms with E-state index in [1.54, 1.807) is 0 Å². The molecule has 1 saturated heterocycles. The third kappa shape index (κ3) is 2.77. The topological polar surface area (TPSA) is 12.5 Å². The zero-order valence-corrected chi connectivity index (χ0v) is 12.9. The monoisotopic (exact) mass is 273 g/mol. The molecule has 110 valence electrons. The summed E-state index contributed by atoms with van der Waals surface area (Å²) in [6.07, 6.45) is 7.13. The smallest absolute Gasteiger partial charge is 0.0639 e. The summed E-state index contributed by atoms with van der Waals surface area (Å²) in [7, 11) is 1.90. The first-order valence-electron chi connectivity index (χ1n) is 8.03. The molecule has 0 amide bonds. The number of hydrogen-bond acceptors (Lipinski definition) is 2. The number of methoxy groups -OCH3 is 1. The predicted molar refractivity (Wildman–Crippen MR) is 82.8 cm³/mol. The summed E-state index contributed by atoms with van der Waals surface area (Å²) < 4.78 is 5.80. The van der Waals surface area contributed by atoms with Crippen LogP contribution in [0.15, 0.2) is 24.3 Å². The molecule has 0 aromatic heterocycles. The average Bonchev–Trinajstić information content (AvgIpc) is 2.81. The average molecular weight is 273 g/mol. The number of piperidine rings is 1. The van der Waals surface area contributed by atoms with E-state index in [1.165, 1.54) is 56.3 Å². The van der Waals surface area contributed by atoms with Crippen LogP contribution in [0.2, 0.25) is 0 Å². The van der Waals surface area contributed by atoms with E-state index in [-0.39, 0.29) is 0 Å². The van der Waals surface area contributed by atoms with Crippen LogP contribution in [0.1, 0.15) is 43.2 Å². The van der Waals surface area contributed by atoms with Crippen LogP contribution >= 0.6 is 0 Å². The number of rotatable bonds is 3. The lowest BCUT2D eigenvalue weighted by Crippen LogP contribution is -2.47. The second-order valence-corrected chi connectivity index (χ2v) is 6.78. The van der Waals surface area contributed by atoms with E-state index in [9.17, 15) is 0 Å². The van der Waals surface area contributed by atoms with Crippen molar-refractivity contribution < 1.29 is 4.74 Å². The first kappa shape index (κ1) is 14.1. The molecule has 1 aliphatic heterocycles. The van der Waals surface area contributed by atoms with Crippen molar-refractivity contribution in [1.29, 1.82) is 0 Å². The highest BCUT2D eigenvalue weighted by atomic mass is 16.5. The Kier molecular flexibility index (Phi) is 4.13. The molecule has 20 heavy (non-hydrogen) atoms. The van der Waals surface area contributed by atoms with E-state index in [0.29, 0.717) is 11.5 Å². The maximum atomic E-state index is 5.80. The Labute approximate surface area is 123 Å². The first-order chi connectivity index (χ1) is 9.72. The van der Waals surface area contributed by atoms with Gasteiger partial charge in [0.2, 0.25) is 0 Å². The Morgan fingerprint density at radius 1 is 1.30 bits per heavy atom. The van der Waals surface area contributed by atoms with Crippen LogP contribution in [0.3, 0.4) is 0 Å². The van der Waals surface area contributed by atoms with E-state index in [2.05, 4.69) is 36.1 Å². The Balaban J connectivity index is 1.69. The summed E-state index contributed by atoms with van der Waals surface area (Å²) in [5.74, 6) is 0. The fourth-order valence-corrected chi connectivity index (χ4v) is 4.40. The van der Waals surface area contributed by atoms with Gasteiger partial charge in [-0.2, -0.15) is 0 Å². The van der Waals surface area contributed by atoms with Crippen molar-refractivity contribution in [3.05, 3.63) is 35.4 Å². The van der Waals surface area contributed by atoms with Crippen molar-refractivity contribution in [2.45, 2.75) is 51.7 Å². The van der Waals surface area contributed by atoms with Gasteiger partial charge < -0.3 is 4.74 Å². The Bertz CT molecular complexity index is 458. The molecule has 1 aromatic carbocycles. The van der Waals surface area contributed by atoms with Gasteiger partial charge in [-0.05, 0) is 44.7 Å². The maximum Gasteiger partial charge on any atom is 0.0639 e. The predicted octanol–water partition coefficient (Wildman–Crippen LogP) is 3.78. The fraction of sp³-hybridized carbons (Fsp3) is 0.667. The number of nitrogens with zero attached hydrogens (tertiary/aromatic N) is 1. The van der Waals surface area contributed by atoms with Gasteiger partial charge >= 0.3 is 0 Å². The Morgan fingerprint density at radius 3 is 2.95 bits per heavy atom. The summed E-state index contributed by atoms with van der Waals surface area (Å²) in [4.78, 5) is 2.65. The van der Waals surface area contributed by atoms with Gasteiger partial charge in [-0.15, -0.1) is 0 Å². The van der Waals surface area contributed by atoms with Crippen LogP contribution in [0.25, 0.3) is 0 Å². The molecule has 1 aromatic rings. The second kappa shape index (κ2) is 5.87. The lowest BCUT2D eigenvalue weighted by Gasteiger charge is -2.43. The van der Waals surface area contributed by atoms with Crippen molar-refractivity contribution >= 4 is 0 Å². The van der Waals surface area contributed by atoms with Crippen LogP contribution in [0.5, 0.6) is 0 Å². The zero-order chi connectivity index (χ0) is 14.0. The van der Waals surface area contributed by atoms with E-state index in [4.69, 9.17) is 4.74 Å². The lowest BCUT2D eigenvalue weighted by molar-refractivity contribution is -0.0366. The highest BCUT2D eigenvalue weighted by Gasteiger charge is 2.45. The van der Waals surface area contributed by atoms with Gasteiger partial charge in [-0.25, -0.2) is 0 Å². The minimum absolute atomic E-state index is 0.441. The lowest BCUT2D eigenvalue weighted by atomic mass is 9.76. The molecule has 1 heterocycles. The van der Waals surface area contributed by atoms with E-state index >= 15 is 0 Å². The molecule has 0 N–H and O–H groups in total. The Hall–Kier alpha value is -0.860. The molecule has 3 rings (SSSR count). The van der Waals surface area contributed by atoms with Crippen molar-refractivity contribution in [1.82, 2.24) is 4.90 Å². The number of hydrogen-bond donors (Lipinski definition) is 0. The molecular weight excluding hydrogens is 246 g/mol. The van der Waals surface area contributed by atoms with Crippen LogP contribution in [-0.2, 0) is 11.3 Å². The molecule has 0 bridgehead atoms. The minimum atomic E-state index is 0.441. The van der Waals surface area contributed by atoms with Gasteiger partial charge in [0.15, 0.2) is 0 Å². The molecule has 2 nitrogen and oxygen atoms in total. The minimum Gasteiger partial charge on any atom is -0.381 e. The largest absolute Gasteiger partial charge is 0.381 e. The van der Waals surface area contributed by atoms with E-state index in [0.717, 1.165) is 6.54 Å². The van der Waals surface area contributed by atoms with Gasteiger partial charge in [0.1, 0.15) is 0 Å². The van der Waals surface area contributed by atoms with E-state index in [1.807, 2.05) is 7.11 Å². The van der Waals surface area contributed by atoms with Crippen molar-refractivity contribution in [3.63, 3.8) is 0 Å². The van der Waals surface area contributed by atoms with Crippen LogP contribution in [-0.4, -0.2) is 31.2 Å².